The van der Waals surface area contributed by atoms with Crippen molar-refractivity contribution in [2.75, 3.05) is 26.7 Å². The number of carbonyl (C=O) groups is 1. The Morgan fingerprint density at radius 1 is 1.48 bits per heavy atom. The van der Waals surface area contributed by atoms with Crippen LogP contribution >= 0.6 is 24.0 Å². The van der Waals surface area contributed by atoms with Crippen LogP contribution in [0.25, 0.3) is 0 Å². The largest absolute Gasteiger partial charge is 0.342 e. The Labute approximate surface area is 137 Å². The van der Waals surface area contributed by atoms with Crippen LogP contribution in [0.15, 0.2) is 24.3 Å². The van der Waals surface area contributed by atoms with Crippen molar-refractivity contribution in [2.24, 2.45) is 5.92 Å². The highest BCUT2D eigenvalue weighted by Crippen LogP contribution is 2.50. The lowest BCUT2D eigenvalue weighted by atomic mass is 9.94. The van der Waals surface area contributed by atoms with Crippen molar-refractivity contribution in [3.8, 4) is 0 Å². The smallest absolute Gasteiger partial charge is 0.233 e. The molecule has 0 spiro atoms. The molecule has 0 bridgehead atoms. The van der Waals surface area contributed by atoms with Crippen LogP contribution < -0.4 is 5.32 Å². The summed E-state index contributed by atoms with van der Waals surface area (Å²) in [4.78, 5) is 14.9. The summed E-state index contributed by atoms with van der Waals surface area (Å²) in [6, 6.07) is 7.80. The fourth-order valence-corrected chi connectivity index (χ4v) is 3.50. The number of hydrogen-bond acceptors (Lipinski definition) is 2. The van der Waals surface area contributed by atoms with Crippen LogP contribution in [-0.2, 0) is 10.2 Å². The summed E-state index contributed by atoms with van der Waals surface area (Å²) in [5.41, 5.74) is 0.812. The first-order valence-electron chi connectivity index (χ1n) is 7.36. The third-order valence-electron chi connectivity index (χ3n) is 4.60. The standard InChI is InChI=1S/C16H21ClN2O.ClH/c1-18-10-12-5-8-19(11-12)15(20)16(6-7-16)13-3-2-4-14(17)9-13;/h2-4,9,12,18H,5-8,10-11H2,1H3;1H. The lowest BCUT2D eigenvalue weighted by Crippen LogP contribution is -2.38. The number of amides is 1. The molecule has 3 rings (SSSR count). The van der Waals surface area contributed by atoms with Gasteiger partial charge in [-0.05, 0) is 56.5 Å². The maximum absolute atomic E-state index is 12.9. The molecule has 1 unspecified atom stereocenters. The van der Waals surface area contributed by atoms with Crippen LogP contribution in [0.1, 0.15) is 24.8 Å². The number of rotatable bonds is 4. The molecule has 21 heavy (non-hydrogen) atoms. The molecule has 1 saturated heterocycles. The van der Waals surface area contributed by atoms with Gasteiger partial charge in [0.15, 0.2) is 0 Å². The zero-order valence-corrected chi connectivity index (χ0v) is 13.8. The molecule has 2 aliphatic rings. The Kier molecular flexibility index (Phi) is 5.18. The maximum Gasteiger partial charge on any atom is 0.233 e. The van der Waals surface area contributed by atoms with Gasteiger partial charge in [-0.25, -0.2) is 0 Å². The number of hydrogen-bond donors (Lipinski definition) is 1. The molecule has 1 aromatic rings. The molecule has 1 aromatic carbocycles. The molecule has 0 radical (unpaired) electrons. The van der Waals surface area contributed by atoms with E-state index in [-0.39, 0.29) is 17.8 Å². The summed E-state index contributed by atoms with van der Waals surface area (Å²) >= 11 is 6.07. The third-order valence-corrected chi connectivity index (χ3v) is 4.84. The lowest BCUT2D eigenvalue weighted by molar-refractivity contribution is -0.133. The monoisotopic (exact) mass is 328 g/mol. The predicted octanol–water partition coefficient (Wildman–Crippen LogP) is 2.86. The van der Waals surface area contributed by atoms with Gasteiger partial charge < -0.3 is 10.2 Å². The van der Waals surface area contributed by atoms with E-state index in [1.54, 1.807) is 0 Å². The van der Waals surface area contributed by atoms with Gasteiger partial charge in [0.25, 0.3) is 0 Å². The van der Waals surface area contributed by atoms with Gasteiger partial charge in [-0.2, -0.15) is 0 Å². The van der Waals surface area contributed by atoms with Gasteiger partial charge in [-0.1, -0.05) is 23.7 Å². The summed E-state index contributed by atoms with van der Waals surface area (Å²) < 4.78 is 0. The van der Waals surface area contributed by atoms with Crippen LogP contribution in [0, 0.1) is 5.92 Å². The summed E-state index contributed by atoms with van der Waals surface area (Å²) in [7, 11) is 1.97. The molecule has 1 atom stereocenters. The fraction of sp³-hybridized carbons (Fsp3) is 0.562. The van der Waals surface area contributed by atoms with Crippen LogP contribution in [0.3, 0.4) is 0 Å². The summed E-state index contributed by atoms with van der Waals surface area (Å²) in [5, 5.41) is 3.93. The number of halogens is 2. The highest BCUT2D eigenvalue weighted by atomic mass is 35.5. The highest BCUT2D eigenvalue weighted by molar-refractivity contribution is 6.30. The number of nitrogens with one attached hydrogen (secondary N) is 1. The Bertz CT molecular complexity index is 517. The molecule has 0 aromatic heterocycles. The maximum atomic E-state index is 12.9. The number of benzene rings is 1. The fourth-order valence-electron chi connectivity index (χ4n) is 3.31. The second kappa shape index (κ2) is 6.55. The zero-order valence-electron chi connectivity index (χ0n) is 12.3. The van der Waals surface area contributed by atoms with Crippen molar-refractivity contribution in [1.29, 1.82) is 0 Å². The van der Waals surface area contributed by atoms with Crippen molar-refractivity contribution < 1.29 is 4.79 Å². The van der Waals surface area contributed by atoms with E-state index in [0.29, 0.717) is 11.8 Å². The Morgan fingerprint density at radius 3 is 2.86 bits per heavy atom. The molecule has 1 saturated carbocycles. The molecular weight excluding hydrogens is 307 g/mol. The minimum absolute atomic E-state index is 0. The molecule has 1 amide bonds. The van der Waals surface area contributed by atoms with Crippen LogP contribution in [0.2, 0.25) is 5.02 Å². The SMILES string of the molecule is CNCC1CCN(C(=O)C2(c3cccc(Cl)c3)CC2)C1.Cl. The molecular formula is C16H22Cl2N2O. The number of nitrogens with zero attached hydrogens (tertiary/aromatic N) is 1. The van der Waals surface area contributed by atoms with Crippen LogP contribution in [0.5, 0.6) is 0 Å². The summed E-state index contributed by atoms with van der Waals surface area (Å²) in [5.74, 6) is 0.900. The quantitative estimate of drug-likeness (QED) is 0.921. The van der Waals surface area contributed by atoms with E-state index in [1.807, 2.05) is 31.3 Å². The Hall–Kier alpha value is -0.770. The average Bonchev–Trinajstić information content (AvgIpc) is 3.13. The van der Waals surface area contributed by atoms with Crippen LogP contribution in [0.4, 0.5) is 0 Å². The van der Waals surface area contributed by atoms with E-state index < -0.39 is 0 Å². The van der Waals surface area contributed by atoms with Gasteiger partial charge in [0.05, 0.1) is 5.41 Å². The summed E-state index contributed by atoms with van der Waals surface area (Å²) in [6.45, 7) is 2.78. The Morgan fingerprint density at radius 2 is 2.24 bits per heavy atom. The first kappa shape index (κ1) is 16.6. The van der Waals surface area contributed by atoms with E-state index in [4.69, 9.17) is 11.6 Å². The van der Waals surface area contributed by atoms with Gasteiger partial charge in [0.2, 0.25) is 5.91 Å². The lowest BCUT2D eigenvalue weighted by Gasteiger charge is -2.24. The van der Waals surface area contributed by atoms with Gasteiger partial charge in [0.1, 0.15) is 0 Å². The zero-order chi connectivity index (χ0) is 14.2. The minimum atomic E-state index is -0.278. The van der Waals surface area contributed by atoms with E-state index in [9.17, 15) is 4.79 Å². The van der Waals surface area contributed by atoms with E-state index in [0.717, 1.165) is 49.5 Å². The minimum Gasteiger partial charge on any atom is -0.342 e. The Balaban J connectivity index is 0.00000161. The molecule has 1 heterocycles. The van der Waals surface area contributed by atoms with E-state index >= 15 is 0 Å². The normalized spacial score (nSPS) is 22.8. The average molecular weight is 329 g/mol. The van der Waals surface area contributed by atoms with Crippen molar-refractivity contribution in [1.82, 2.24) is 10.2 Å². The van der Waals surface area contributed by atoms with Crippen molar-refractivity contribution in [3.05, 3.63) is 34.9 Å². The second-order valence-electron chi connectivity index (χ2n) is 6.06. The van der Waals surface area contributed by atoms with Crippen molar-refractivity contribution in [2.45, 2.75) is 24.7 Å². The number of likely N-dealkylation sites (tertiary alicyclic amines) is 1. The molecule has 2 fully saturated rings. The van der Waals surface area contributed by atoms with Gasteiger partial charge in [-0.15, -0.1) is 12.4 Å². The van der Waals surface area contributed by atoms with Crippen molar-refractivity contribution >= 4 is 29.9 Å². The first-order valence-corrected chi connectivity index (χ1v) is 7.73. The molecule has 1 aliphatic carbocycles. The van der Waals surface area contributed by atoms with E-state index in [1.165, 1.54) is 0 Å². The van der Waals surface area contributed by atoms with Gasteiger partial charge in [-0.3, -0.25) is 4.79 Å². The highest BCUT2D eigenvalue weighted by Gasteiger charge is 2.53. The molecule has 116 valence electrons. The molecule has 1 N–H and O–H groups in total. The van der Waals surface area contributed by atoms with E-state index in [2.05, 4.69) is 10.2 Å². The molecule has 1 aliphatic heterocycles. The first-order chi connectivity index (χ1) is 9.65. The van der Waals surface area contributed by atoms with Gasteiger partial charge >= 0.3 is 0 Å². The van der Waals surface area contributed by atoms with Gasteiger partial charge in [0, 0.05) is 18.1 Å². The number of carbonyl (C=O) groups excluding carboxylic acids is 1. The summed E-state index contributed by atoms with van der Waals surface area (Å²) in [6.07, 6.45) is 3.02. The second-order valence-corrected chi connectivity index (χ2v) is 6.49. The molecule has 5 heteroatoms. The third kappa shape index (κ3) is 3.20. The van der Waals surface area contributed by atoms with Crippen molar-refractivity contribution in [3.63, 3.8) is 0 Å². The predicted molar refractivity (Wildman–Crippen MR) is 88.2 cm³/mol. The molecule has 3 nitrogen and oxygen atoms in total. The topological polar surface area (TPSA) is 32.3 Å². The van der Waals surface area contributed by atoms with Crippen LogP contribution in [-0.4, -0.2) is 37.5 Å².